The molecule has 1 aliphatic rings. The maximum Gasteiger partial charge on any atom is 0.169 e. The monoisotopic (exact) mass is 216 g/mol. The first kappa shape index (κ1) is 9.27. The summed E-state index contributed by atoms with van der Waals surface area (Å²) in [5.41, 5.74) is 7.74. The Morgan fingerprint density at radius 1 is 1.44 bits per heavy atom. The fraction of sp³-hybridized carbons (Fsp3) is 0.250. The molecule has 1 aliphatic heterocycles. The van der Waals surface area contributed by atoms with E-state index in [1.54, 1.807) is 6.07 Å². The Morgan fingerprint density at radius 2 is 2.31 bits per heavy atom. The minimum absolute atomic E-state index is 0.219. The number of nitrogen functional groups attached to an aromatic ring is 1. The van der Waals surface area contributed by atoms with Crippen molar-refractivity contribution in [3.63, 3.8) is 0 Å². The fourth-order valence-corrected chi connectivity index (χ4v) is 2.08. The second-order valence-electron chi connectivity index (χ2n) is 4.03. The highest BCUT2D eigenvalue weighted by atomic mass is 16.5. The molecule has 0 aliphatic carbocycles. The van der Waals surface area contributed by atoms with Gasteiger partial charge in [0.05, 0.1) is 0 Å². The third-order valence-electron chi connectivity index (χ3n) is 2.75. The highest BCUT2D eigenvalue weighted by Gasteiger charge is 2.23. The molecule has 1 atom stereocenters. The van der Waals surface area contributed by atoms with Gasteiger partial charge in [0.25, 0.3) is 0 Å². The number of ether oxygens (including phenoxy) is 1. The van der Waals surface area contributed by atoms with E-state index in [2.05, 4.69) is 12.1 Å². The molecule has 0 fully saturated rings. The zero-order valence-electron chi connectivity index (χ0n) is 8.93. The van der Waals surface area contributed by atoms with Crippen LogP contribution in [0.4, 0.5) is 5.82 Å². The summed E-state index contributed by atoms with van der Waals surface area (Å²) in [6.45, 7) is 2.05. The van der Waals surface area contributed by atoms with Gasteiger partial charge in [-0.15, -0.1) is 0 Å². The zero-order chi connectivity index (χ0) is 11.1. The Balaban J connectivity index is 2.13. The fourth-order valence-electron chi connectivity index (χ4n) is 2.08. The van der Waals surface area contributed by atoms with Crippen LogP contribution in [0.15, 0.2) is 28.8 Å². The largest absolute Gasteiger partial charge is 0.490 e. The lowest BCUT2D eigenvalue weighted by molar-refractivity contribution is 0.254. The summed E-state index contributed by atoms with van der Waals surface area (Å²) in [5.74, 6) is 2.03. The van der Waals surface area contributed by atoms with E-state index in [1.165, 1.54) is 5.56 Å². The molecule has 0 saturated carbocycles. The Labute approximate surface area is 93.0 Å². The molecule has 4 nitrogen and oxygen atoms in total. The second-order valence-corrected chi connectivity index (χ2v) is 4.03. The Hall–Kier alpha value is -1.97. The first-order valence-corrected chi connectivity index (χ1v) is 5.25. The number of aromatic nitrogens is 1. The molecule has 2 aromatic rings. The molecule has 3 rings (SSSR count). The van der Waals surface area contributed by atoms with Crippen LogP contribution in [0, 0.1) is 0 Å². The molecular weight excluding hydrogens is 204 g/mol. The number of benzene rings is 1. The van der Waals surface area contributed by atoms with Gasteiger partial charge >= 0.3 is 0 Å². The third kappa shape index (κ3) is 1.34. The highest BCUT2D eigenvalue weighted by molar-refractivity contribution is 5.68. The number of hydrogen-bond acceptors (Lipinski definition) is 4. The molecule has 0 saturated heterocycles. The molecule has 0 bridgehead atoms. The standard InChI is InChI=1S/C12H12N2O2/c1-7-5-9-8(3-2-4-10(9)15-7)11-6-12(13)14-16-11/h2-4,6-7H,5H2,1H3,(H2,13,14). The Bertz CT molecular complexity index is 534. The normalized spacial score (nSPS) is 18.2. The van der Waals surface area contributed by atoms with E-state index in [-0.39, 0.29) is 6.10 Å². The van der Waals surface area contributed by atoms with Crippen LogP contribution in [-0.4, -0.2) is 11.3 Å². The van der Waals surface area contributed by atoms with E-state index >= 15 is 0 Å². The summed E-state index contributed by atoms with van der Waals surface area (Å²) in [7, 11) is 0. The van der Waals surface area contributed by atoms with Gasteiger partial charge in [0.15, 0.2) is 11.6 Å². The molecule has 0 radical (unpaired) electrons. The highest BCUT2D eigenvalue weighted by Crippen LogP contribution is 2.37. The first-order valence-electron chi connectivity index (χ1n) is 5.25. The molecule has 2 N–H and O–H groups in total. The molecule has 0 amide bonds. The van der Waals surface area contributed by atoms with E-state index in [1.807, 2.05) is 18.2 Å². The van der Waals surface area contributed by atoms with Crippen LogP contribution in [0.2, 0.25) is 0 Å². The molecule has 1 aromatic heterocycles. The summed E-state index contributed by atoms with van der Waals surface area (Å²) < 4.78 is 10.9. The summed E-state index contributed by atoms with van der Waals surface area (Å²) >= 11 is 0. The topological polar surface area (TPSA) is 61.3 Å². The summed E-state index contributed by atoms with van der Waals surface area (Å²) in [6.07, 6.45) is 1.11. The number of rotatable bonds is 1. The van der Waals surface area contributed by atoms with E-state index < -0.39 is 0 Å². The molecule has 16 heavy (non-hydrogen) atoms. The number of hydrogen-bond donors (Lipinski definition) is 1. The molecule has 2 heterocycles. The van der Waals surface area contributed by atoms with Crippen LogP contribution in [0.3, 0.4) is 0 Å². The van der Waals surface area contributed by atoms with Gasteiger partial charge in [0, 0.05) is 23.6 Å². The number of fused-ring (bicyclic) bond motifs is 1. The van der Waals surface area contributed by atoms with Crippen LogP contribution in [-0.2, 0) is 6.42 Å². The van der Waals surface area contributed by atoms with Crippen molar-refractivity contribution in [3.8, 4) is 17.1 Å². The van der Waals surface area contributed by atoms with E-state index in [9.17, 15) is 0 Å². The van der Waals surface area contributed by atoms with Gasteiger partial charge in [0.2, 0.25) is 0 Å². The summed E-state index contributed by atoms with van der Waals surface area (Å²) in [4.78, 5) is 0. The average Bonchev–Trinajstić information content (AvgIpc) is 2.82. The summed E-state index contributed by atoms with van der Waals surface area (Å²) in [5, 5.41) is 3.70. The van der Waals surface area contributed by atoms with Crippen LogP contribution in [0.5, 0.6) is 5.75 Å². The zero-order valence-corrected chi connectivity index (χ0v) is 8.93. The van der Waals surface area contributed by atoms with Crippen molar-refractivity contribution >= 4 is 5.82 Å². The number of nitrogens with two attached hydrogens (primary N) is 1. The Kier molecular flexibility index (Phi) is 1.89. The maximum atomic E-state index is 5.68. The van der Waals surface area contributed by atoms with Gasteiger partial charge in [-0.1, -0.05) is 17.3 Å². The van der Waals surface area contributed by atoms with E-state index in [0.717, 1.165) is 17.7 Å². The van der Waals surface area contributed by atoms with Crippen molar-refractivity contribution in [2.24, 2.45) is 0 Å². The van der Waals surface area contributed by atoms with Crippen LogP contribution < -0.4 is 10.5 Å². The van der Waals surface area contributed by atoms with Gasteiger partial charge in [0.1, 0.15) is 11.9 Å². The molecular formula is C12H12N2O2. The van der Waals surface area contributed by atoms with Crippen molar-refractivity contribution in [2.75, 3.05) is 5.73 Å². The van der Waals surface area contributed by atoms with Crippen molar-refractivity contribution in [1.29, 1.82) is 0 Å². The van der Waals surface area contributed by atoms with Crippen molar-refractivity contribution in [2.45, 2.75) is 19.4 Å². The lowest BCUT2D eigenvalue weighted by Gasteiger charge is -2.02. The van der Waals surface area contributed by atoms with Crippen LogP contribution >= 0.6 is 0 Å². The van der Waals surface area contributed by atoms with Gasteiger partial charge in [-0.25, -0.2) is 0 Å². The average molecular weight is 216 g/mol. The van der Waals surface area contributed by atoms with Crippen molar-refractivity contribution in [1.82, 2.24) is 5.16 Å². The smallest absolute Gasteiger partial charge is 0.169 e. The molecule has 1 unspecified atom stereocenters. The van der Waals surface area contributed by atoms with Gasteiger partial charge < -0.3 is 15.0 Å². The molecule has 1 aromatic carbocycles. The van der Waals surface area contributed by atoms with Crippen molar-refractivity contribution < 1.29 is 9.26 Å². The SMILES string of the molecule is CC1Cc2c(cccc2-c2cc(N)no2)O1. The predicted molar refractivity (Wildman–Crippen MR) is 60.1 cm³/mol. The quantitative estimate of drug-likeness (QED) is 0.794. The lowest BCUT2D eigenvalue weighted by atomic mass is 10.0. The minimum atomic E-state index is 0.219. The Morgan fingerprint density at radius 3 is 3.06 bits per heavy atom. The maximum absolute atomic E-state index is 5.68. The number of nitrogens with zero attached hydrogens (tertiary/aromatic N) is 1. The minimum Gasteiger partial charge on any atom is -0.490 e. The second kappa shape index (κ2) is 3.27. The van der Waals surface area contributed by atoms with Crippen molar-refractivity contribution in [3.05, 3.63) is 29.8 Å². The lowest BCUT2D eigenvalue weighted by Crippen LogP contribution is -2.05. The molecule has 4 heteroatoms. The molecule has 82 valence electrons. The third-order valence-corrected chi connectivity index (χ3v) is 2.75. The van der Waals surface area contributed by atoms with Crippen LogP contribution in [0.1, 0.15) is 12.5 Å². The van der Waals surface area contributed by atoms with E-state index in [4.69, 9.17) is 15.0 Å². The molecule has 0 spiro atoms. The predicted octanol–water partition coefficient (Wildman–Crippen LogP) is 2.25. The first-order chi connectivity index (χ1) is 7.74. The van der Waals surface area contributed by atoms with Gasteiger partial charge in [-0.3, -0.25) is 0 Å². The number of anilines is 1. The van der Waals surface area contributed by atoms with Gasteiger partial charge in [-0.2, -0.15) is 0 Å². The van der Waals surface area contributed by atoms with E-state index in [0.29, 0.717) is 11.6 Å². The van der Waals surface area contributed by atoms with Crippen LogP contribution in [0.25, 0.3) is 11.3 Å². The summed E-state index contributed by atoms with van der Waals surface area (Å²) in [6, 6.07) is 7.66. The van der Waals surface area contributed by atoms with Gasteiger partial charge in [-0.05, 0) is 13.0 Å².